The molecule has 3 aromatic rings. The summed E-state index contributed by atoms with van der Waals surface area (Å²) in [5.41, 5.74) is 2.72. The summed E-state index contributed by atoms with van der Waals surface area (Å²) < 4.78 is 1.55. The van der Waals surface area contributed by atoms with E-state index in [1.807, 2.05) is 40.5 Å². The molecule has 0 unspecified atom stereocenters. The smallest absolute Gasteiger partial charge is 0.240 e. The molecule has 0 saturated carbocycles. The molecule has 1 spiro atoms. The van der Waals surface area contributed by atoms with E-state index in [4.69, 9.17) is 0 Å². The van der Waals surface area contributed by atoms with Crippen molar-refractivity contribution >= 4 is 29.0 Å². The number of carbonyl (C=O) groups excluding carboxylic acids is 1. The predicted molar refractivity (Wildman–Crippen MR) is 121 cm³/mol. The fourth-order valence-electron chi connectivity index (χ4n) is 5.48. The Morgan fingerprint density at radius 1 is 1.06 bits per heavy atom. The van der Waals surface area contributed by atoms with Crippen LogP contribution in [-0.4, -0.2) is 43.6 Å². The number of hydrogen-bond donors (Lipinski definition) is 0. The maximum atomic E-state index is 13.7. The van der Waals surface area contributed by atoms with Gasteiger partial charge < -0.3 is 9.80 Å². The minimum absolute atomic E-state index is 0.214. The van der Waals surface area contributed by atoms with E-state index in [2.05, 4.69) is 45.2 Å². The normalized spacial score (nSPS) is 24.7. The lowest BCUT2D eigenvalue weighted by molar-refractivity contribution is -0.134. The van der Waals surface area contributed by atoms with Crippen molar-refractivity contribution in [2.24, 2.45) is 0 Å². The number of carbonyl (C=O) groups is 1. The molecular formula is C24H23N5OS. The molecule has 1 aromatic carbocycles. The first kappa shape index (κ1) is 18.8. The molecule has 2 aromatic heterocycles. The highest BCUT2D eigenvalue weighted by molar-refractivity contribution is 8.02. The fourth-order valence-corrected chi connectivity index (χ4v) is 7.24. The summed E-state index contributed by atoms with van der Waals surface area (Å²) in [6.07, 6.45) is 5.55. The first-order chi connectivity index (χ1) is 15.2. The van der Waals surface area contributed by atoms with Gasteiger partial charge in [0.1, 0.15) is 16.6 Å². The van der Waals surface area contributed by atoms with E-state index in [0.29, 0.717) is 16.8 Å². The van der Waals surface area contributed by atoms with Crippen LogP contribution in [0, 0.1) is 11.3 Å². The van der Waals surface area contributed by atoms with E-state index in [0.717, 1.165) is 50.1 Å². The largest absolute Gasteiger partial charge is 0.356 e. The van der Waals surface area contributed by atoms with Crippen LogP contribution in [0.15, 0.2) is 54.7 Å². The molecule has 0 radical (unpaired) electrons. The average molecular weight is 430 g/mol. The third-order valence-electron chi connectivity index (χ3n) is 7.05. The molecule has 5 heterocycles. The molecule has 7 heteroatoms. The maximum Gasteiger partial charge on any atom is 0.240 e. The lowest BCUT2D eigenvalue weighted by Gasteiger charge is -2.39. The number of hydrogen-bond acceptors (Lipinski definition) is 5. The molecule has 2 atom stereocenters. The summed E-state index contributed by atoms with van der Waals surface area (Å²) in [4.78, 5) is 18.2. The Labute approximate surface area is 185 Å². The number of nitrogens with zero attached hydrogens (tertiary/aromatic N) is 5. The molecule has 0 N–H and O–H groups in total. The van der Waals surface area contributed by atoms with Crippen LogP contribution < -0.4 is 4.90 Å². The van der Waals surface area contributed by atoms with Crippen molar-refractivity contribution in [3.8, 4) is 6.07 Å². The summed E-state index contributed by atoms with van der Waals surface area (Å²) in [7, 11) is 0. The van der Waals surface area contributed by atoms with Crippen LogP contribution in [0.2, 0.25) is 0 Å². The Morgan fingerprint density at radius 3 is 2.65 bits per heavy atom. The topological polar surface area (TPSA) is 64.6 Å². The second-order valence-corrected chi connectivity index (χ2v) is 10.2. The first-order valence-electron chi connectivity index (χ1n) is 10.9. The minimum Gasteiger partial charge on any atom is -0.356 e. The molecule has 0 aliphatic carbocycles. The number of fused-ring (bicyclic) bond motifs is 2. The predicted octanol–water partition coefficient (Wildman–Crippen LogP) is 3.98. The number of pyridine rings is 1. The molecule has 6 rings (SSSR count). The number of aromatic nitrogens is 2. The number of thioether (sulfide) groups is 1. The summed E-state index contributed by atoms with van der Waals surface area (Å²) in [5, 5.41) is 14.1. The van der Waals surface area contributed by atoms with E-state index in [9.17, 15) is 10.1 Å². The number of benzene rings is 1. The van der Waals surface area contributed by atoms with Gasteiger partial charge in [0.15, 0.2) is 0 Å². The molecule has 3 aliphatic rings. The van der Waals surface area contributed by atoms with E-state index in [-0.39, 0.29) is 10.8 Å². The van der Waals surface area contributed by atoms with Crippen molar-refractivity contribution in [2.75, 3.05) is 18.0 Å². The quantitative estimate of drug-likeness (QED) is 0.617. The average Bonchev–Trinajstić information content (AvgIpc) is 3.52. The SMILES string of the molecule is N#Cc1ccc(N2CCC3(CC2)S[C@@H]2CC[C@@H](c4ccccc4)N2C3=O)n2nccc12. The molecule has 0 bridgehead atoms. The summed E-state index contributed by atoms with van der Waals surface area (Å²) in [6.45, 7) is 1.63. The zero-order chi connectivity index (χ0) is 21.0. The van der Waals surface area contributed by atoms with E-state index < -0.39 is 0 Å². The van der Waals surface area contributed by atoms with Gasteiger partial charge in [0, 0.05) is 13.1 Å². The molecule has 6 nitrogen and oxygen atoms in total. The van der Waals surface area contributed by atoms with Crippen LogP contribution >= 0.6 is 11.8 Å². The summed E-state index contributed by atoms with van der Waals surface area (Å²) in [6, 6.07) is 18.6. The standard InChI is InChI=1S/C24H23N5OS/c25-16-18-6-8-21(29-20(18)10-13-26-29)27-14-11-24(12-15-27)23(30)28-19(7-9-22(28)31-24)17-4-2-1-3-5-17/h1-6,8,10,13,19,22H,7,9,11-12,14-15H2/t19-,22+/m0/s1. The zero-order valence-electron chi connectivity index (χ0n) is 17.1. The van der Waals surface area contributed by atoms with Crippen LogP contribution in [0.5, 0.6) is 0 Å². The monoisotopic (exact) mass is 429 g/mol. The second kappa shape index (κ2) is 7.03. The number of amides is 1. The highest BCUT2D eigenvalue weighted by Gasteiger charge is 2.57. The Balaban J connectivity index is 1.24. The van der Waals surface area contributed by atoms with E-state index in [1.54, 1.807) is 6.20 Å². The van der Waals surface area contributed by atoms with Gasteiger partial charge in [0.25, 0.3) is 0 Å². The molecule has 3 saturated heterocycles. The highest BCUT2D eigenvalue weighted by atomic mass is 32.2. The van der Waals surface area contributed by atoms with Crippen molar-refractivity contribution in [2.45, 2.75) is 41.8 Å². The van der Waals surface area contributed by atoms with Crippen LogP contribution in [0.4, 0.5) is 5.82 Å². The van der Waals surface area contributed by atoms with Gasteiger partial charge >= 0.3 is 0 Å². The third-order valence-corrected chi connectivity index (χ3v) is 8.82. The van der Waals surface area contributed by atoms with E-state index >= 15 is 0 Å². The lowest BCUT2D eigenvalue weighted by Crippen LogP contribution is -2.48. The molecule has 3 aliphatic heterocycles. The fraction of sp³-hybridized carbons (Fsp3) is 0.375. The van der Waals surface area contributed by atoms with Crippen molar-refractivity contribution in [3.63, 3.8) is 0 Å². The summed E-state index contributed by atoms with van der Waals surface area (Å²) >= 11 is 1.90. The minimum atomic E-state index is -0.301. The van der Waals surface area contributed by atoms with Gasteiger partial charge in [0.05, 0.1) is 28.7 Å². The Morgan fingerprint density at radius 2 is 1.87 bits per heavy atom. The van der Waals surface area contributed by atoms with Gasteiger partial charge in [-0.3, -0.25) is 4.79 Å². The highest BCUT2D eigenvalue weighted by Crippen LogP contribution is 2.55. The second-order valence-electron chi connectivity index (χ2n) is 8.62. The molecule has 156 valence electrons. The first-order valence-corrected chi connectivity index (χ1v) is 11.8. The van der Waals surface area contributed by atoms with Crippen molar-refractivity contribution < 1.29 is 4.79 Å². The maximum absolute atomic E-state index is 13.7. The Hall–Kier alpha value is -2.98. The zero-order valence-corrected chi connectivity index (χ0v) is 18.0. The van der Waals surface area contributed by atoms with Crippen LogP contribution in [-0.2, 0) is 4.79 Å². The van der Waals surface area contributed by atoms with Gasteiger partial charge in [-0.25, -0.2) is 4.52 Å². The van der Waals surface area contributed by atoms with Crippen LogP contribution in [0.3, 0.4) is 0 Å². The molecule has 31 heavy (non-hydrogen) atoms. The Kier molecular flexibility index (Phi) is 4.25. The Bertz CT molecular complexity index is 1190. The number of anilines is 1. The van der Waals surface area contributed by atoms with Gasteiger partial charge in [-0.05, 0) is 49.4 Å². The molecule has 3 fully saturated rings. The van der Waals surface area contributed by atoms with Crippen molar-refractivity contribution in [1.29, 1.82) is 5.26 Å². The van der Waals surface area contributed by atoms with Gasteiger partial charge in [-0.2, -0.15) is 10.4 Å². The number of piperidine rings is 1. The molecule has 1 amide bonds. The van der Waals surface area contributed by atoms with Crippen LogP contribution in [0.1, 0.15) is 42.9 Å². The van der Waals surface area contributed by atoms with E-state index in [1.165, 1.54) is 5.56 Å². The lowest BCUT2D eigenvalue weighted by atomic mass is 9.93. The number of rotatable bonds is 2. The number of nitriles is 1. The van der Waals surface area contributed by atoms with Gasteiger partial charge in [0.2, 0.25) is 5.91 Å². The van der Waals surface area contributed by atoms with Gasteiger partial charge in [-0.1, -0.05) is 30.3 Å². The van der Waals surface area contributed by atoms with Crippen molar-refractivity contribution in [1.82, 2.24) is 14.5 Å². The van der Waals surface area contributed by atoms with Gasteiger partial charge in [-0.15, -0.1) is 11.8 Å². The van der Waals surface area contributed by atoms with Crippen LogP contribution in [0.25, 0.3) is 5.52 Å². The van der Waals surface area contributed by atoms with Crippen molar-refractivity contribution in [3.05, 3.63) is 65.9 Å². The molecular weight excluding hydrogens is 406 g/mol. The third kappa shape index (κ3) is 2.78. The summed E-state index contributed by atoms with van der Waals surface area (Å²) in [5.74, 6) is 1.32.